The molecule has 15 heavy (non-hydrogen) atoms. The number of ether oxygens (including phenoxy) is 1. The Kier molecular flexibility index (Phi) is 3.44. The summed E-state index contributed by atoms with van der Waals surface area (Å²) in [6, 6.07) is 0. The van der Waals surface area contributed by atoms with Crippen molar-refractivity contribution in [1.29, 1.82) is 0 Å². The molecule has 1 atom stereocenters. The molecule has 0 amide bonds. The third-order valence-corrected chi connectivity index (χ3v) is 3.09. The topological polar surface area (TPSA) is 29.5 Å². The Hall–Kier alpha value is -0.570. The quantitative estimate of drug-likeness (QED) is 0.625. The Balaban J connectivity index is 2.71. The maximum absolute atomic E-state index is 12.1. The fraction of sp³-hybridized carbons (Fsp3) is 0.917. The van der Waals surface area contributed by atoms with Crippen LogP contribution in [0.25, 0.3) is 0 Å². The highest BCUT2D eigenvalue weighted by Crippen LogP contribution is 2.29. The molecule has 0 aromatic heterocycles. The van der Waals surface area contributed by atoms with Gasteiger partial charge in [-0.05, 0) is 60.5 Å². The molecule has 0 radical (unpaired) electrons. The van der Waals surface area contributed by atoms with Crippen LogP contribution >= 0.6 is 0 Å². The summed E-state index contributed by atoms with van der Waals surface area (Å²) >= 11 is 0. The maximum atomic E-state index is 12.1. The molecule has 1 saturated heterocycles. The first-order valence-corrected chi connectivity index (χ1v) is 5.70. The molecule has 0 saturated carbocycles. The Morgan fingerprint density at radius 3 is 2.40 bits per heavy atom. The number of esters is 1. The van der Waals surface area contributed by atoms with Crippen molar-refractivity contribution >= 4 is 5.97 Å². The molecule has 1 fully saturated rings. The van der Waals surface area contributed by atoms with Crippen LogP contribution in [0.2, 0.25) is 0 Å². The van der Waals surface area contributed by atoms with Crippen molar-refractivity contribution in [3.8, 4) is 0 Å². The van der Waals surface area contributed by atoms with Crippen LogP contribution in [0.15, 0.2) is 0 Å². The maximum Gasteiger partial charge on any atom is 0.326 e. The lowest BCUT2D eigenvalue weighted by molar-refractivity contribution is -0.170. The van der Waals surface area contributed by atoms with Crippen molar-refractivity contribution in [1.82, 2.24) is 4.90 Å². The summed E-state index contributed by atoms with van der Waals surface area (Å²) in [4.78, 5) is 14.2. The first kappa shape index (κ1) is 12.5. The van der Waals surface area contributed by atoms with Gasteiger partial charge in [-0.25, -0.2) is 0 Å². The Morgan fingerprint density at radius 1 is 1.33 bits per heavy atom. The minimum Gasteiger partial charge on any atom is -0.459 e. The van der Waals surface area contributed by atoms with Gasteiger partial charge < -0.3 is 4.74 Å². The van der Waals surface area contributed by atoms with Crippen LogP contribution in [0.1, 0.15) is 47.0 Å². The van der Waals surface area contributed by atoms with Crippen molar-refractivity contribution in [3.63, 3.8) is 0 Å². The minimum atomic E-state index is -0.425. The molecule has 0 aliphatic carbocycles. The second-order valence-corrected chi connectivity index (χ2v) is 5.65. The summed E-state index contributed by atoms with van der Waals surface area (Å²) in [6.07, 6.45) is 3.19. The molecular formula is C12H23NO2. The van der Waals surface area contributed by atoms with Gasteiger partial charge in [0.25, 0.3) is 0 Å². The van der Waals surface area contributed by atoms with Crippen LogP contribution in [0, 0.1) is 0 Å². The van der Waals surface area contributed by atoms with Crippen molar-refractivity contribution in [3.05, 3.63) is 0 Å². The van der Waals surface area contributed by atoms with E-state index in [1.54, 1.807) is 0 Å². The summed E-state index contributed by atoms with van der Waals surface area (Å²) in [5.74, 6) is -0.0859. The van der Waals surface area contributed by atoms with Crippen LogP contribution in [0.4, 0.5) is 0 Å². The van der Waals surface area contributed by atoms with Crippen LogP contribution in [0.3, 0.4) is 0 Å². The van der Waals surface area contributed by atoms with Crippen molar-refractivity contribution < 1.29 is 9.53 Å². The molecule has 0 aromatic rings. The number of hydrogen-bond donors (Lipinski definition) is 0. The van der Waals surface area contributed by atoms with Gasteiger partial charge in [0.15, 0.2) is 0 Å². The Bertz CT molecular complexity index is 244. The number of nitrogens with zero attached hydrogens (tertiary/aromatic N) is 1. The van der Waals surface area contributed by atoms with E-state index in [0.29, 0.717) is 0 Å². The zero-order valence-corrected chi connectivity index (χ0v) is 10.6. The van der Waals surface area contributed by atoms with Gasteiger partial charge in [-0.2, -0.15) is 0 Å². The van der Waals surface area contributed by atoms with Gasteiger partial charge in [-0.3, -0.25) is 9.69 Å². The molecular weight excluding hydrogens is 190 g/mol. The molecule has 1 unspecified atom stereocenters. The molecule has 1 rings (SSSR count). The number of carbonyl (C=O) groups excluding carboxylic acids is 1. The number of hydrogen-bond acceptors (Lipinski definition) is 3. The molecule has 1 heterocycles. The predicted molar refractivity (Wildman–Crippen MR) is 60.7 cm³/mol. The molecule has 0 aromatic carbocycles. The van der Waals surface area contributed by atoms with Gasteiger partial charge >= 0.3 is 5.97 Å². The highest BCUT2D eigenvalue weighted by Gasteiger charge is 2.41. The Morgan fingerprint density at radius 2 is 1.93 bits per heavy atom. The van der Waals surface area contributed by atoms with Crippen molar-refractivity contribution in [2.75, 3.05) is 13.6 Å². The molecule has 3 heteroatoms. The second-order valence-electron chi connectivity index (χ2n) is 5.65. The number of likely N-dealkylation sites (N-methyl/N-ethyl adjacent to an activating group) is 1. The monoisotopic (exact) mass is 213 g/mol. The van der Waals surface area contributed by atoms with Gasteiger partial charge in [-0.15, -0.1) is 0 Å². The number of likely N-dealkylation sites (tertiary alicyclic amines) is 1. The Labute approximate surface area is 92.8 Å². The average molecular weight is 213 g/mol. The lowest BCUT2D eigenvalue weighted by atomic mass is 9.89. The SMILES string of the molecule is CN1CCCCC1(C)C(=O)OC(C)(C)C. The van der Waals surface area contributed by atoms with Gasteiger partial charge in [0.2, 0.25) is 0 Å². The van der Waals surface area contributed by atoms with Crippen molar-refractivity contribution in [2.45, 2.75) is 58.1 Å². The predicted octanol–water partition coefficient (Wildman–Crippen LogP) is 2.20. The van der Waals surface area contributed by atoms with Gasteiger partial charge in [0, 0.05) is 0 Å². The van der Waals surface area contributed by atoms with E-state index in [0.717, 1.165) is 19.4 Å². The normalized spacial score (nSPS) is 28.9. The zero-order chi connectivity index (χ0) is 11.7. The fourth-order valence-corrected chi connectivity index (χ4v) is 1.90. The van der Waals surface area contributed by atoms with Gasteiger partial charge in [-0.1, -0.05) is 0 Å². The lowest BCUT2D eigenvalue weighted by Gasteiger charge is -2.41. The first-order chi connectivity index (χ1) is 6.76. The summed E-state index contributed by atoms with van der Waals surface area (Å²) in [5, 5.41) is 0. The minimum absolute atomic E-state index is 0.0859. The van der Waals surface area contributed by atoms with E-state index in [1.165, 1.54) is 6.42 Å². The van der Waals surface area contributed by atoms with E-state index in [9.17, 15) is 4.79 Å². The molecule has 1 aliphatic heterocycles. The zero-order valence-electron chi connectivity index (χ0n) is 10.6. The average Bonchev–Trinajstić information content (AvgIpc) is 2.07. The van der Waals surface area contributed by atoms with E-state index in [1.807, 2.05) is 34.7 Å². The van der Waals surface area contributed by atoms with Crippen LogP contribution in [-0.2, 0) is 9.53 Å². The number of rotatable bonds is 1. The van der Waals surface area contributed by atoms with Gasteiger partial charge in [0.1, 0.15) is 11.1 Å². The van der Waals surface area contributed by atoms with Crippen molar-refractivity contribution in [2.24, 2.45) is 0 Å². The van der Waals surface area contributed by atoms with Crippen LogP contribution in [-0.4, -0.2) is 35.6 Å². The molecule has 0 N–H and O–H groups in total. The summed E-state index contributed by atoms with van der Waals surface area (Å²) in [7, 11) is 2.00. The highest BCUT2D eigenvalue weighted by atomic mass is 16.6. The summed E-state index contributed by atoms with van der Waals surface area (Å²) in [6.45, 7) is 8.71. The molecule has 3 nitrogen and oxygen atoms in total. The summed E-state index contributed by atoms with van der Waals surface area (Å²) < 4.78 is 5.47. The third kappa shape index (κ3) is 2.94. The lowest BCUT2D eigenvalue weighted by Crippen LogP contribution is -2.55. The van der Waals surface area contributed by atoms with E-state index in [-0.39, 0.29) is 5.97 Å². The van der Waals surface area contributed by atoms with Gasteiger partial charge in [0.05, 0.1) is 0 Å². The second kappa shape index (κ2) is 4.12. The van der Waals surface area contributed by atoms with E-state index < -0.39 is 11.1 Å². The number of carbonyl (C=O) groups is 1. The highest BCUT2D eigenvalue weighted by molar-refractivity contribution is 5.80. The van der Waals surface area contributed by atoms with E-state index in [4.69, 9.17) is 4.74 Å². The third-order valence-electron chi connectivity index (χ3n) is 3.09. The molecule has 0 bridgehead atoms. The molecule has 88 valence electrons. The molecule has 1 aliphatic rings. The van der Waals surface area contributed by atoms with E-state index >= 15 is 0 Å². The molecule has 0 spiro atoms. The van der Waals surface area contributed by atoms with E-state index in [2.05, 4.69) is 4.90 Å². The number of piperidine rings is 1. The smallest absolute Gasteiger partial charge is 0.326 e. The standard InChI is InChI=1S/C12H23NO2/c1-11(2,3)15-10(14)12(4)8-6-7-9-13(12)5/h6-9H2,1-5H3. The first-order valence-electron chi connectivity index (χ1n) is 5.70. The van der Waals surface area contributed by atoms with Crippen LogP contribution < -0.4 is 0 Å². The largest absolute Gasteiger partial charge is 0.459 e. The summed E-state index contributed by atoms with van der Waals surface area (Å²) in [5.41, 5.74) is -0.816. The fourth-order valence-electron chi connectivity index (χ4n) is 1.90. The van der Waals surface area contributed by atoms with Crippen LogP contribution in [0.5, 0.6) is 0 Å².